The first-order valence-corrected chi connectivity index (χ1v) is 8.18. The SMILES string of the molecule is COCC(NC(=O)C(SCc1ccccc1)C(C)C)C(=O)O. The standard InChI is InChI=1S/C16H23NO4S/c1-11(2)14(22-10-12-7-5-4-6-8-12)15(18)17-13(9-21-3)16(19)20/h4-8,11,13-14H,9-10H2,1-3H3,(H,17,18)(H,19,20). The molecule has 2 unspecified atom stereocenters. The third-order valence-corrected chi connectivity index (χ3v) is 4.70. The maximum absolute atomic E-state index is 12.3. The highest BCUT2D eigenvalue weighted by molar-refractivity contribution is 7.99. The minimum Gasteiger partial charge on any atom is -0.480 e. The number of carbonyl (C=O) groups is 2. The second-order valence-corrected chi connectivity index (χ2v) is 6.45. The lowest BCUT2D eigenvalue weighted by Crippen LogP contribution is -2.48. The molecule has 0 aliphatic heterocycles. The summed E-state index contributed by atoms with van der Waals surface area (Å²) in [6, 6.07) is 8.86. The second kappa shape index (κ2) is 9.48. The first-order valence-electron chi connectivity index (χ1n) is 7.13. The Bertz CT molecular complexity index is 478. The molecule has 2 N–H and O–H groups in total. The number of thioether (sulfide) groups is 1. The van der Waals surface area contributed by atoms with Gasteiger partial charge in [-0.1, -0.05) is 44.2 Å². The van der Waals surface area contributed by atoms with Crippen molar-refractivity contribution in [1.29, 1.82) is 0 Å². The summed E-state index contributed by atoms with van der Waals surface area (Å²) in [6.45, 7) is 3.86. The van der Waals surface area contributed by atoms with Crippen molar-refractivity contribution < 1.29 is 19.4 Å². The van der Waals surface area contributed by atoms with E-state index in [9.17, 15) is 9.59 Å². The Kier molecular flexibility index (Phi) is 7.98. The molecule has 0 fully saturated rings. The van der Waals surface area contributed by atoms with Crippen LogP contribution in [0.3, 0.4) is 0 Å². The molecule has 1 amide bonds. The van der Waals surface area contributed by atoms with E-state index in [1.807, 2.05) is 44.2 Å². The first-order chi connectivity index (χ1) is 10.5. The van der Waals surface area contributed by atoms with Crippen LogP contribution >= 0.6 is 11.8 Å². The average Bonchev–Trinajstić information content (AvgIpc) is 2.47. The van der Waals surface area contributed by atoms with Gasteiger partial charge in [-0.25, -0.2) is 4.79 Å². The number of carbonyl (C=O) groups excluding carboxylic acids is 1. The molecule has 22 heavy (non-hydrogen) atoms. The van der Waals surface area contributed by atoms with Crippen molar-refractivity contribution in [3.8, 4) is 0 Å². The van der Waals surface area contributed by atoms with Crippen molar-refractivity contribution in [2.24, 2.45) is 5.92 Å². The molecule has 0 saturated carbocycles. The summed E-state index contributed by atoms with van der Waals surface area (Å²) in [5.74, 6) is -0.545. The van der Waals surface area contributed by atoms with Crippen molar-refractivity contribution in [3.05, 3.63) is 35.9 Å². The third kappa shape index (κ3) is 6.07. The number of aliphatic carboxylic acids is 1. The Hall–Kier alpha value is -1.53. The van der Waals surface area contributed by atoms with Gasteiger partial charge in [0, 0.05) is 12.9 Å². The number of methoxy groups -OCH3 is 1. The first kappa shape index (κ1) is 18.5. The molecule has 2 atom stereocenters. The molecule has 1 aromatic carbocycles. The summed E-state index contributed by atoms with van der Waals surface area (Å²) in [7, 11) is 1.41. The smallest absolute Gasteiger partial charge is 0.328 e. The van der Waals surface area contributed by atoms with E-state index >= 15 is 0 Å². The number of ether oxygens (including phenoxy) is 1. The van der Waals surface area contributed by atoms with Gasteiger partial charge in [0.1, 0.15) is 0 Å². The van der Waals surface area contributed by atoms with Crippen molar-refractivity contribution in [3.63, 3.8) is 0 Å². The van der Waals surface area contributed by atoms with Crippen LogP contribution in [0.1, 0.15) is 19.4 Å². The van der Waals surface area contributed by atoms with Crippen LogP contribution in [0, 0.1) is 5.92 Å². The van der Waals surface area contributed by atoms with E-state index in [4.69, 9.17) is 9.84 Å². The summed E-state index contributed by atoms with van der Waals surface area (Å²) in [5, 5.41) is 11.3. The summed E-state index contributed by atoms with van der Waals surface area (Å²) in [5.41, 5.74) is 1.14. The Morgan fingerprint density at radius 2 is 1.91 bits per heavy atom. The van der Waals surface area contributed by atoms with Gasteiger partial charge >= 0.3 is 5.97 Å². The lowest BCUT2D eigenvalue weighted by molar-refractivity contribution is -0.143. The summed E-state index contributed by atoms with van der Waals surface area (Å²) < 4.78 is 4.83. The zero-order valence-corrected chi connectivity index (χ0v) is 13.9. The highest BCUT2D eigenvalue weighted by Gasteiger charge is 2.27. The van der Waals surface area contributed by atoms with Crippen LogP contribution in [0.15, 0.2) is 30.3 Å². The van der Waals surface area contributed by atoms with Crippen LogP contribution in [0.4, 0.5) is 0 Å². The number of hydrogen-bond acceptors (Lipinski definition) is 4. The van der Waals surface area contributed by atoms with E-state index in [1.165, 1.54) is 18.9 Å². The molecule has 0 aliphatic rings. The molecule has 6 heteroatoms. The maximum atomic E-state index is 12.3. The number of nitrogens with one attached hydrogen (secondary N) is 1. The van der Waals surface area contributed by atoms with E-state index in [-0.39, 0.29) is 23.7 Å². The predicted octanol–water partition coefficient (Wildman–Crippen LogP) is 2.16. The number of carboxylic acid groups (broad SMARTS) is 1. The van der Waals surface area contributed by atoms with E-state index in [1.54, 1.807) is 0 Å². The van der Waals surface area contributed by atoms with Gasteiger partial charge in [-0.05, 0) is 11.5 Å². The van der Waals surface area contributed by atoms with E-state index in [2.05, 4.69) is 5.32 Å². The molecule has 0 aliphatic carbocycles. The van der Waals surface area contributed by atoms with E-state index in [0.717, 1.165) is 5.56 Å². The molecular formula is C16H23NO4S. The normalized spacial score (nSPS) is 13.6. The van der Waals surface area contributed by atoms with Crippen molar-refractivity contribution >= 4 is 23.6 Å². The fourth-order valence-electron chi connectivity index (χ4n) is 1.93. The van der Waals surface area contributed by atoms with Gasteiger partial charge in [-0.3, -0.25) is 4.79 Å². The Morgan fingerprint density at radius 1 is 1.27 bits per heavy atom. The quantitative estimate of drug-likeness (QED) is 0.728. The number of carboxylic acids is 1. The van der Waals surface area contributed by atoms with Gasteiger partial charge in [0.15, 0.2) is 6.04 Å². The van der Waals surface area contributed by atoms with Crippen LogP contribution in [0.25, 0.3) is 0 Å². The minimum atomic E-state index is -1.09. The van der Waals surface area contributed by atoms with Crippen molar-refractivity contribution in [2.45, 2.75) is 30.9 Å². The zero-order valence-electron chi connectivity index (χ0n) is 13.1. The second-order valence-electron chi connectivity index (χ2n) is 5.32. The molecular weight excluding hydrogens is 302 g/mol. The lowest BCUT2D eigenvalue weighted by Gasteiger charge is -2.22. The largest absolute Gasteiger partial charge is 0.480 e. The fraction of sp³-hybridized carbons (Fsp3) is 0.500. The molecule has 0 saturated heterocycles. The molecule has 122 valence electrons. The number of amides is 1. The Morgan fingerprint density at radius 3 is 2.41 bits per heavy atom. The molecule has 0 heterocycles. The summed E-state index contributed by atoms with van der Waals surface area (Å²) in [6.07, 6.45) is 0. The highest BCUT2D eigenvalue weighted by Crippen LogP contribution is 2.24. The van der Waals surface area contributed by atoms with Crippen molar-refractivity contribution in [1.82, 2.24) is 5.32 Å². The molecule has 1 rings (SSSR count). The number of rotatable bonds is 9. The fourth-order valence-corrected chi connectivity index (χ4v) is 3.10. The molecule has 0 bridgehead atoms. The van der Waals surface area contributed by atoms with E-state index < -0.39 is 12.0 Å². The van der Waals surface area contributed by atoms with Gasteiger partial charge < -0.3 is 15.2 Å². The summed E-state index contributed by atoms with van der Waals surface area (Å²) >= 11 is 1.52. The van der Waals surface area contributed by atoms with Gasteiger partial charge in [-0.15, -0.1) is 11.8 Å². The van der Waals surface area contributed by atoms with Crippen LogP contribution in [0.2, 0.25) is 0 Å². The molecule has 1 aromatic rings. The predicted molar refractivity (Wildman–Crippen MR) is 87.8 cm³/mol. The Labute approximate surface area is 135 Å². The van der Waals surface area contributed by atoms with Gasteiger partial charge in [-0.2, -0.15) is 0 Å². The Balaban J connectivity index is 2.65. The average molecular weight is 325 g/mol. The van der Waals surface area contributed by atoms with Gasteiger partial charge in [0.2, 0.25) is 5.91 Å². The topological polar surface area (TPSA) is 75.6 Å². The van der Waals surface area contributed by atoms with Crippen LogP contribution in [-0.2, 0) is 20.1 Å². The number of hydrogen-bond donors (Lipinski definition) is 2. The maximum Gasteiger partial charge on any atom is 0.328 e. The van der Waals surface area contributed by atoms with Crippen molar-refractivity contribution in [2.75, 3.05) is 13.7 Å². The monoisotopic (exact) mass is 325 g/mol. The lowest BCUT2D eigenvalue weighted by atomic mass is 10.1. The van der Waals surface area contributed by atoms with E-state index in [0.29, 0.717) is 5.75 Å². The molecule has 0 spiro atoms. The molecule has 5 nitrogen and oxygen atoms in total. The molecule has 0 radical (unpaired) electrons. The highest BCUT2D eigenvalue weighted by atomic mass is 32.2. The third-order valence-electron chi connectivity index (χ3n) is 3.08. The van der Waals surface area contributed by atoms with Crippen LogP contribution in [0.5, 0.6) is 0 Å². The summed E-state index contributed by atoms with van der Waals surface area (Å²) in [4.78, 5) is 23.4. The van der Waals surface area contributed by atoms with Gasteiger partial charge in [0.05, 0.1) is 11.9 Å². The molecule has 0 aromatic heterocycles. The minimum absolute atomic E-state index is 0.0464. The number of benzene rings is 1. The zero-order chi connectivity index (χ0) is 16.5. The van der Waals surface area contributed by atoms with Crippen LogP contribution in [-0.4, -0.2) is 42.0 Å². The van der Waals surface area contributed by atoms with Gasteiger partial charge in [0.25, 0.3) is 0 Å². The van der Waals surface area contributed by atoms with Crippen LogP contribution < -0.4 is 5.32 Å².